The van der Waals surface area contributed by atoms with E-state index < -0.39 is 0 Å². The Morgan fingerprint density at radius 1 is 1.47 bits per heavy atom. The molecule has 1 amide bonds. The molecule has 1 aromatic heterocycles. The number of thiazole rings is 1. The van der Waals surface area contributed by atoms with E-state index in [-0.39, 0.29) is 11.7 Å². The van der Waals surface area contributed by atoms with Gasteiger partial charge in [0.1, 0.15) is 10.7 Å². The molecular formula is C14H15FN2OS. The fraction of sp³-hybridized carbons (Fsp3) is 0.286. The SMILES string of the molecule is CCc1ncc(C(=O)N(C)Cc2cccc(F)c2)s1. The molecule has 0 aliphatic rings. The summed E-state index contributed by atoms with van der Waals surface area (Å²) in [4.78, 5) is 18.5. The first kappa shape index (κ1) is 13.7. The molecule has 100 valence electrons. The molecule has 0 unspecified atom stereocenters. The van der Waals surface area contributed by atoms with Gasteiger partial charge in [0.25, 0.3) is 5.91 Å². The number of halogens is 1. The number of hydrogen-bond donors (Lipinski definition) is 0. The summed E-state index contributed by atoms with van der Waals surface area (Å²) < 4.78 is 13.1. The highest BCUT2D eigenvalue weighted by Crippen LogP contribution is 2.16. The quantitative estimate of drug-likeness (QED) is 0.861. The van der Waals surface area contributed by atoms with Crippen molar-refractivity contribution in [2.24, 2.45) is 0 Å². The van der Waals surface area contributed by atoms with E-state index >= 15 is 0 Å². The lowest BCUT2D eigenvalue weighted by Crippen LogP contribution is -2.25. The summed E-state index contributed by atoms with van der Waals surface area (Å²) in [5.74, 6) is -0.370. The van der Waals surface area contributed by atoms with E-state index in [1.165, 1.54) is 23.5 Å². The van der Waals surface area contributed by atoms with Gasteiger partial charge in [-0.15, -0.1) is 11.3 Å². The molecule has 2 rings (SSSR count). The second kappa shape index (κ2) is 5.93. The summed E-state index contributed by atoms with van der Waals surface area (Å²) in [6.07, 6.45) is 2.43. The van der Waals surface area contributed by atoms with Gasteiger partial charge in [0.15, 0.2) is 0 Å². The van der Waals surface area contributed by atoms with Crippen LogP contribution >= 0.6 is 11.3 Å². The molecule has 1 heterocycles. The van der Waals surface area contributed by atoms with Crippen LogP contribution in [-0.4, -0.2) is 22.8 Å². The van der Waals surface area contributed by atoms with Crippen LogP contribution in [0.25, 0.3) is 0 Å². The lowest BCUT2D eigenvalue weighted by Gasteiger charge is -2.16. The van der Waals surface area contributed by atoms with Crippen LogP contribution in [0.5, 0.6) is 0 Å². The van der Waals surface area contributed by atoms with Crippen molar-refractivity contribution in [3.8, 4) is 0 Å². The molecule has 2 aromatic rings. The normalized spacial score (nSPS) is 10.5. The van der Waals surface area contributed by atoms with Crippen LogP contribution in [0.4, 0.5) is 4.39 Å². The Hall–Kier alpha value is -1.75. The van der Waals surface area contributed by atoms with Crippen LogP contribution in [0.15, 0.2) is 30.5 Å². The highest BCUT2D eigenvalue weighted by atomic mass is 32.1. The highest BCUT2D eigenvalue weighted by molar-refractivity contribution is 7.13. The fourth-order valence-electron chi connectivity index (χ4n) is 1.74. The monoisotopic (exact) mass is 278 g/mol. The first-order valence-corrected chi connectivity index (χ1v) is 6.86. The molecule has 3 nitrogen and oxygen atoms in total. The van der Waals surface area contributed by atoms with Crippen molar-refractivity contribution in [1.82, 2.24) is 9.88 Å². The summed E-state index contributed by atoms with van der Waals surface area (Å²) in [5.41, 5.74) is 0.774. The maximum absolute atomic E-state index is 13.1. The number of amides is 1. The first-order chi connectivity index (χ1) is 9.10. The molecular weight excluding hydrogens is 263 g/mol. The highest BCUT2D eigenvalue weighted by Gasteiger charge is 2.15. The second-order valence-electron chi connectivity index (χ2n) is 4.26. The van der Waals surface area contributed by atoms with Gasteiger partial charge in [0, 0.05) is 13.6 Å². The van der Waals surface area contributed by atoms with E-state index in [0.29, 0.717) is 11.4 Å². The average molecular weight is 278 g/mol. The second-order valence-corrected chi connectivity index (χ2v) is 5.38. The lowest BCUT2D eigenvalue weighted by molar-refractivity contribution is 0.0789. The standard InChI is InChI=1S/C14H15FN2OS/c1-3-13-16-8-12(19-13)14(18)17(2)9-10-5-4-6-11(15)7-10/h4-8H,3,9H2,1-2H3. The van der Waals surface area contributed by atoms with Crippen LogP contribution in [0.3, 0.4) is 0 Å². The lowest BCUT2D eigenvalue weighted by atomic mass is 10.2. The molecule has 0 saturated heterocycles. The number of carbonyl (C=O) groups is 1. The summed E-state index contributed by atoms with van der Waals surface area (Å²) >= 11 is 1.41. The van der Waals surface area contributed by atoms with Crippen molar-refractivity contribution in [1.29, 1.82) is 0 Å². The molecule has 0 atom stereocenters. The largest absolute Gasteiger partial charge is 0.337 e. The van der Waals surface area contributed by atoms with E-state index in [1.807, 2.05) is 6.92 Å². The van der Waals surface area contributed by atoms with E-state index in [2.05, 4.69) is 4.98 Å². The molecule has 0 aliphatic carbocycles. The minimum absolute atomic E-state index is 0.0820. The number of rotatable bonds is 4. The maximum Gasteiger partial charge on any atom is 0.265 e. The van der Waals surface area contributed by atoms with Crippen LogP contribution < -0.4 is 0 Å². The Bertz CT molecular complexity index is 582. The van der Waals surface area contributed by atoms with Gasteiger partial charge in [-0.05, 0) is 24.1 Å². The average Bonchev–Trinajstić information content (AvgIpc) is 2.86. The Kier molecular flexibility index (Phi) is 4.27. The van der Waals surface area contributed by atoms with E-state index in [4.69, 9.17) is 0 Å². The Morgan fingerprint density at radius 3 is 2.89 bits per heavy atom. The molecule has 0 saturated carbocycles. The third-order valence-corrected chi connectivity index (χ3v) is 3.85. The number of benzene rings is 1. The van der Waals surface area contributed by atoms with Crippen molar-refractivity contribution >= 4 is 17.2 Å². The third-order valence-electron chi connectivity index (χ3n) is 2.72. The zero-order valence-corrected chi connectivity index (χ0v) is 11.7. The van der Waals surface area contributed by atoms with E-state index in [9.17, 15) is 9.18 Å². The molecule has 0 aliphatic heterocycles. The van der Waals surface area contributed by atoms with Gasteiger partial charge in [-0.1, -0.05) is 19.1 Å². The van der Waals surface area contributed by atoms with Crippen molar-refractivity contribution in [3.63, 3.8) is 0 Å². The zero-order chi connectivity index (χ0) is 13.8. The molecule has 19 heavy (non-hydrogen) atoms. The van der Waals surface area contributed by atoms with Gasteiger partial charge >= 0.3 is 0 Å². The van der Waals surface area contributed by atoms with Gasteiger partial charge in [-0.2, -0.15) is 0 Å². The fourth-order valence-corrected chi connectivity index (χ4v) is 2.59. The summed E-state index contributed by atoms with van der Waals surface area (Å²) in [7, 11) is 1.71. The number of hydrogen-bond acceptors (Lipinski definition) is 3. The molecule has 0 fully saturated rings. The number of carbonyl (C=O) groups excluding carboxylic acids is 1. The van der Waals surface area contributed by atoms with E-state index in [1.54, 1.807) is 30.3 Å². The van der Waals surface area contributed by atoms with Crippen molar-refractivity contribution in [2.75, 3.05) is 7.05 Å². The molecule has 1 aromatic carbocycles. The minimum Gasteiger partial charge on any atom is -0.337 e. The van der Waals surface area contributed by atoms with Crippen LogP contribution in [-0.2, 0) is 13.0 Å². The molecule has 0 N–H and O–H groups in total. The number of aromatic nitrogens is 1. The molecule has 0 radical (unpaired) electrons. The van der Waals surface area contributed by atoms with E-state index in [0.717, 1.165) is 17.0 Å². The van der Waals surface area contributed by atoms with Gasteiger partial charge in [0.05, 0.1) is 11.2 Å². The number of aryl methyl sites for hydroxylation is 1. The Labute approximate surface area is 115 Å². The summed E-state index contributed by atoms with van der Waals surface area (Å²) in [5, 5.41) is 0.947. The van der Waals surface area contributed by atoms with Crippen molar-refractivity contribution in [2.45, 2.75) is 19.9 Å². The van der Waals surface area contributed by atoms with Gasteiger partial charge in [-0.25, -0.2) is 9.37 Å². The smallest absolute Gasteiger partial charge is 0.265 e. The topological polar surface area (TPSA) is 33.2 Å². The van der Waals surface area contributed by atoms with Crippen LogP contribution in [0.2, 0.25) is 0 Å². The predicted octanol–water partition coefficient (Wildman–Crippen LogP) is 3.12. The maximum atomic E-state index is 13.1. The third kappa shape index (κ3) is 3.38. The number of nitrogens with zero attached hydrogens (tertiary/aromatic N) is 2. The first-order valence-electron chi connectivity index (χ1n) is 6.04. The Morgan fingerprint density at radius 2 is 2.26 bits per heavy atom. The van der Waals surface area contributed by atoms with Crippen LogP contribution in [0.1, 0.15) is 27.2 Å². The summed E-state index contributed by atoms with van der Waals surface area (Å²) in [6, 6.07) is 6.28. The van der Waals surface area contributed by atoms with Gasteiger partial charge in [0.2, 0.25) is 0 Å². The predicted molar refractivity (Wildman–Crippen MR) is 73.7 cm³/mol. The molecule has 0 spiro atoms. The summed E-state index contributed by atoms with van der Waals surface area (Å²) in [6.45, 7) is 2.39. The molecule has 5 heteroatoms. The minimum atomic E-state index is -0.288. The molecule has 0 bridgehead atoms. The van der Waals surface area contributed by atoms with Gasteiger partial charge < -0.3 is 4.90 Å². The van der Waals surface area contributed by atoms with Crippen molar-refractivity contribution in [3.05, 3.63) is 51.7 Å². The zero-order valence-electron chi connectivity index (χ0n) is 10.9. The Balaban J connectivity index is 2.07. The van der Waals surface area contributed by atoms with Crippen LogP contribution in [0, 0.1) is 5.82 Å². The van der Waals surface area contributed by atoms with Gasteiger partial charge in [-0.3, -0.25) is 4.79 Å². The van der Waals surface area contributed by atoms with Crippen molar-refractivity contribution < 1.29 is 9.18 Å².